The van der Waals surface area contributed by atoms with E-state index in [4.69, 9.17) is 4.74 Å². The summed E-state index contributed by atoms with van der Waals surface area (Å²) in [5, 5.41) is 0. The van der Waals surface area contributed by atoms with Crippen molar-refractivity contribution in [2.75, 3.05) is 27.3 Å². The van der Waals surface area contributed by atoms with E-state index in [0.29, 0.717) is 18.0 Å². The van der Waals surface area contributed by atoms with Gasteiger partial charge in [0.2, 0.25) is 10.0 Å². The molecule has 0 N–H and O–H groups in total. The first-order valence-electron chi connectivity index (χ1n) is 5.00. The van der Waals surface area contributed by atoms with Crippen LogP contribution in [0.1, 0.15) is 5.56 Å². The van der Waals surface area contributed by atoms with Crippen LogP contribution in [0.4, 0.5) is 0 Å². The first-order valence-corrected chi connectivity index (χ1v) is 6.44. The van der Waals surface area contributed by atoms with Crippen LogP contribution in [0.3, 0.4) is 0 Å². The second-order valence-corrected chi connectivity index (χ2v) is 5.68. The van der Waals surface area contributed by atoms with E-state index in [1.807, 2.05) is 13.0 Å². The zero-order valence-corrected chi connectivity index (χ0v) is 10.6. The van der Waals surface area contributed by atoms with Crippen molar-refractivity contribution in [3.8, 4) is 0 Å². The first-order chi connectivity index (χ1) is 7.48. The highest BCUT2D eigenvalue weighted by atomic mass is 32.2. The van der Waals surface area contributed by atoms with E-state index < -0.39 is 10.0 Å². The molecule has 0 unspecified atom stereocenters. The molecule has 0 aliphatic heterocycles. The molecule has 0 atom stereocenters. The van der Waals surface area contributed by atoms with E-state index in [1.54, 1.807) is 32.4 Å². The predicted molar refractivity (Wildman–Crippen MR) is 62.9 cm³/mol. The Labute approximate surface area is 96.9 Å². The van der Waals surface area contributed by atoms with Crippen LogP contribution in [0.15, 0.2) is 29.2 Å². The number of sulfonamides is 1. The van der Waals surface area contributed by atoms with Gasteiger partial charge in [0.05, 0.1) is 11.5 Å². The third kappa shape index (κ3) is 3.04. The highest BCUT2D eigenvalue weighted by molar-refractivity contribution is 7.89. The molecule has 0 bridgehead atoms. The number of benzene rings is 1. The topological polar surface area (TPSA) is 46.6 Å². The average Bonchev–Trinajstić information content (AvgIpc) is 2.25. The van der Waals surface area contributed by atoms with Crippen molar-refractivity contribution in [2.45, 2.75) is 11.8 Å². The molecule has 0 aromatic heterocycles. The van der Waals surface area contributed by atoms with E-state index in [2.05, 4.69) is 0 Å². The van der Waals surface area contributed by atoms with Crippen molar-refractivity contribution in [3.05, 3.63) is 29.8 Å². The lowest BCUT2D eigenvalue weighted by atomic mass is 10.2. The maximum absolute atomic E-state index is 12.1. The largest absolute Gasteiger partial charge is 0.383 e. The van der Waals surface area contributed by atoms with Gasteiger partial charge >= 0.3 is 0 Å². The monoisotopic (exact) mass is 243 g/mol. The zero-order chi connectivity index (χ0) is 12.2. The highest BCUT2D eigenvalue weighted by Gasteiger charge is 2.19. The number of rotatable bonds is 5. The molecule has 0 fully saturated rings. The normalized spacial score (nSPS) is 12.0. The average molecular weight is 243 g/mol. The molecule has 0 spiro atoms. The van der Waals surface area contributed by atoms with Gasteiger partial charge in [0, 0.05) is 20.7 Å². The summed E-state index contributed by atoms with van der Waals surface area (Å²) in [5.41, 5.74) is 0.932. The standard InChI is InChI=1S/C11H17NO3S/c1-10-5-4-6-11(9-10)16(13,14)12(2)7-8-15-3/h4-6,9H,7-8H2,1-3H3. The van der Waals surface area contributed by atoms with Gasteiger partial charge in [-0.15, -0.1) is 0 Å². The van der Waals surface area contributed by atoms with Crippen molar-refractivity contribution < 1.29 is 13.2 Å². The van der Waals surface area contributed by atoms with Gasteiger partial charge in [-0.3, -0.25) is 0 Å². The molecule has 0 saturated heterocycles. The second-order valence-electron chi connectivity index (χ2n) is 3.64. The van der Waals surface area contributed by atoms with E-state index in [1.165, 1.54) is 4.31 Å². The van der Waals surface area contributed by atoms with Crippen LogP contribution in [0, 0.1) is 6.92 Å². The Morgan fingerprint density at radius 2 is 2.06 bits per heavy atom. The van der Waals surface area contributed by atoms with E-state index in [-0.39, 0.29) is 0 Å². The molecule has 4 nitrogen and oxygen atoms in total. The van der Waals surface area contributed by atoms with Gasteiger partial charge in [-0.25, -0.2) is 8.42 Å². The molecule has 0 heterocycles. The Balaban J connectivity index is 2.93. The Kier molecular flexibility index (Phi) is 4.46. The van der Waals surface area contributed by atoms with Crippen LogP contribution in [0.25, 0.3) is 0 Å². The third-order valence-electron chi connectivity index (χ3n) is 2.31. The zero-order valence-electron chi connectivity index (χ0n) is 9.80. The summed E-state index contributed by atoms with van der Waals surface area (Å²) in [6.07, 6.45) is 0. The molecule has 1 aromatic carbocycles. The van der Waals surface area contributed by atoms with Crippen molar-refractivity contribution in [2.24, 2.45) is 0 Å². The minimum Gasteiger partial charge on any atom is -0.383 e. The van der Waals surface area contributed by atoms with Gasteiger partial charge in [-0.05, 0) is 24.6 Å². The Bertz CT molecular complexity index is 442. The van der Waals surface area contributed by atoms with E-state index >= 15 is 0 Å². The number of hydrogen-bond acceptors (Lipinski definition) is 3. The molecule has 0 saturated carbocycles. The van der Waals surface area contributed by atoms with Crippen molar-refractivity contribution in [3.63, 3.8) is 0 Å². The smallest absolute Gasteiger partial charge is 0.242 e. The molecule has 0 aliphatic carbocycles. The van der Waals surface area contributed by atoms with Gasteiger partial charge in [0.25, 0.3) is 0 Å². The number of aryl methyl sites for hydroxylation is 1. The summed E-state index contributed by atoms with van der Waals surface area (Å²) in [7, 11) is -0.279. The lowest BCUT2D eigenvalue weighted by Gasteiger charge is -2.16. The van der Waals surface area contributed by atoms with Crippen LogP contribution in [0.2, 0.25) is 0 Å². The van der Waals surface area contributed by atoms with Crippen LogP contribution in [0.5, 0.6) is 0 Å². The first kappa shape index (κ1) is 13.2. The highest BCUT2D eigenvalue weighted by Crippen LogP contribution is 2.15. The van der Waals surface area contributed by atoms with Crippen LogP contribution in [-0.4, -0.2) is 40.0 Å². The van der Waals surface area contributed by atoms with Crippen LogP contribution >= 0.6 is 0 Å². The maximum atomic E-state index is 12.1. The summed E-state index contributed by atoms with van der Waals surface area (Å²) >= 11 is 0. The molecule has 1 rings (SSSR count). The lowest BCUT2D eigenvalue weighted by Crippen LogP contribution is -2.30. The van der Waals surface area contributed by atoms with Gasteiger partial charge in [-0.1, -0.05) is 12.1 Å². The fourth-order valence-corrected chi connectivity index (χ4v) is 2.56. The fourth-order valence-electron chi connectivity index (χ4n) is 1.30. The minimum atomic E-state index is -3.38. The Morgan fingerprint density at radius 3 is 2.62 bits per heavy atom. The Hall–Kier alpha value is -0.910. The van der Waals surface area contributed by atoms with Crippen LogP contribution < -0.4 is 0 Å². The summed E-state index contributed by atoms with van der Waals surface area (Å²) in [4.78, 5) is 0.325. The number of hydrogen-bond donors (Lipinski definition) is 0. The molecule has 90 valence electrons. The van der Waals surface area contributed by atoms with Crippen molar-refractivity contribution in [1.82, 2.24) is 4.31 Å². The number of ether oxygens (including phenoxy) is 1. The maximum Gasteiger partial charge on any atom is 0.242 e. The summed E-state index contributed by atoms with van der Waals surface area (Å²) in [5.74, 6) is 0. The summed E-state index contributed by atoms with van der Waals surface area (Å²) in [6, 6.07) is 6.88. The molecular weight excluding hydrogens is 226 g/mol. The Morgan fingerprint density at radius 1 is 1.38 bits per heavy atom. The van der Waals surface area contributed by atoms with Gasteiger partial charge in [0.15, 0.2) is 0 Å². The molecule has 16 heavy (non-hydrogen) atoms. The fraction of sp³-hybridized carbons (Fsp3) is 0.455. The molecule has 5 heteroatoms. The predicted octanol–water partition coefficient (Wildman–Crippen LogP) is 1.26. The van der Waals surface area contributed by atoms with E-state index in [0.717, 1.165) is 5.56 Å². The number of nitrogens with zero attached hydrogens (tertiary/aromatic N) is 1. The molecular formula is C11H17NO3S. The second kappa shape index (κ2) is 5.43. The molecule has 0 radical (unpaired) electrons. The van der Waals surface area contributed by atoms with Crippen molar-refractivity contribution in [1.29, 1.82) is 0 Å². The lowest BCUT2D eigenvalue weighted by molar-refractivity contribution is 0.185. The minimum absolute atomic E-state index is 0.325. The van der Waals surface area contributed by atoms with Crippen molar-refractivity contribution >= 4 is 10.0 Å². The quantitative estimate of drug-likeness (QED) is 0.782. The summed E-state index contributed by atoms with van der Waals surface area (Å²) < 4.78 is 30.3. The molecule has 0 amide bonds. The summed E-state index contributed by atoms with van der Waals surface area (Å²) in [6.45, 7) is 2.61. The third-order valence-corrected chi connectivity index (χ3v) is 4.16. The van der Waals surface area contributed by atoms with Gasteiger partial charge in [0.1, 0.15) is 0 Å². The van der Waals surface area contributed by atoms with E-state index in [9.17, 15) is 8.42 Å². The number of methoxy groups -OCH3 is 1. The van der Waals surface area contributed by atoms with Crippen LogP contribution in [-0.2, 0) is 14.8 Å². The van der Waals surface area contributed by atoms with Gasteiger partial charge < -0.3 is 4.74 Å². The molecule has 0 aliphatic rings. The molecule has 1 aromatic rings. The van der Waals surface area contributed by atoms with Gasteiger partial charge in [-0.2, -0.15) is 4.31 Å². The SMILES string of the molecule is COCCN(C)S(=O)(=O)c1cccc(C)c1. The number of likely N-dealkylation sites (N-methyl/N-ethyl adjacent to an activating group) is 1.